The summed E-state index contributed by atoms with van der Waals surface area (Å²) in [4.78, 5) is 89.9. The lowest BCUT2D eigenvalue weighted by atomic mass is 9.82. The maximum absolute atomic E-state index is 15.0. The number of piperazine rings is 1. The summed E-state index contributed by atoms with van der Waals surface area (Å²) in [5.74, 6) is -5.87. The quantitative estimate of drug-likeness (QED) is 0.0654. The molecular weight excluding hydrogens is 839 g/mol. The number of Topliss-reactive ketones (excluding diaryl/α,β-unsaturated/α-hetero) is 2. The number of nitrogens with zero attached hydrogens (tertiary/aromatic N) is 4. The summed E-state index contributed by atoms with van der Waals surface area (Å²) < 4.78 is 41.1. The highest BCUT2D eigenvalue weighted by Gasteiger charge is 2.48. The Morgan fingerprint density at radius 2 is 1.73 bits per heavy atom. The van der Waals surface area contributed by atoms with E-state index >= 15 is 0 Å². The summed E-state index contributed by atoms with van der Waals surface area (Å²) in [5, 5.41) is 10.9. The van der Waals surface area contributed by atoms with Gasteiger partial charge in [-0.3, -0.25) is 34.1 Å². The lowest BCUT2D eigenvalue weighted by Crippen LogP contribution is -2.49. The molecule has 4 heterocycles. The standard InChI is InChI=1S/C44H44F2N8O8S/c1-61-33-20-25(6-8-31(33)50-43(60)35-10-9-34(63-35)24-4-2-3-5-24)49-41-30(46)23-48-44(52-41)54-16-14-53(15-17-54)37(56)12-18-62-19-13-47-32-22-28-27(21-29(32)45)39(57)38(40(28)58)26-7-11-36(55)51-42(26)59/h4,6,8-10,20-23,26,38,47H,2-3,5,7,11-19H2,1H3,(H,50,60)(H,48,49,52)(H,51,55,59). The number of ether oxygens (including phenoxy) is 2. The smallest absolute Gasteiger partial charge is 0.265 e. The van der Waals surface area contributed by atoms with E-state index in [1.165, 1.54) is 30.1 Å². The minimum absolute atomic E-state index is 0.0104. The maximum atomic E-state index is 15.0. The Bertz CT molecular complexity index is 2520. The Hall–Kier alpha value is -6.60. The second-order valence-corrected chi connectivity index (χ2v) is 16.5. The maximum Gasteiger partial charge on any atom is 0.265 e. The highest BCUT2D eigenvalue weighted by molar-refractivity contribution is 7.15. The van der Waals surface area contributed by atoms with Crippen molar-refractivity contribution in [2.24, 2.45) is 11.8 Å². The first-order valence-corrected chi connectivity index (χ1v) is 21.5. The number of fused-ring (bicyclic) bond motifs is 1. The van der Waals surface area contributed by atoms with Gasteiger partial charge in [0.15, 0.2) is 23.2 Å². The molecular formula is C44H44F2N8O8S. The number of benzene rings is 2. The van der Waals surface area contributed by atoms with Gasteiger partial charge in [0, 0.05) is 66.9 Å². The summed E-state index contributed by atoms with van der Waals surface area (Å²) in [6.07, 6.45) is 6.66. The second kappa shape index (κ2) is 18.8. The predicted molar refractivity (Wildman–Crippen MR) is 230 cm³/mol. The van der Waals surface area contributed by atoms with E-state index in [1.54, 1.807) is 23.1 Å². The van der Waals surface area contributed by atoms with Gasteiger partial charge in [-0.1, -0.05) is 6.08 Å². The number of imide groups is 1. The van der Waals surface area contributed by atoms with Crippen LogP contribution in [-0.2, 0) is 19.1 Å². The molecule has 2 aromatic carbocycles. The normalized spacial score (nSPS) is 18.6. The topological polar surface area (TPSA) is 201 Å². The van der Waals surface area contributed by atoms with Crippen molar-refractivity contribution in [2.75, 3.05) is 73.9 Å². The van der Waals surface area contributed by atoms with Crippen LogP contribution in [0.2, 0.25) is 0 Å². The van der Waals surface area contributed by atoms with Gasteiger partial charge in [0.1, 0.15) is 11.6 Å². The average molecular weight is 883 g/mol. The number of allylic oxidation sites excluding steroid dienone is 2. The van der Waals surface area contributed by atoms with Crippen molar-refractivity contribution in [1.82, 2.24) is 20.2 Å². The fourth-order valence-corrected chi connectivity index (χ4v) is 9.08. The number of aromatic nitrogens is 2. The molecule has 4 aromatic rings. The molecule has 16 nitrogen and oxygen atoms in total. The van der Waals surface area contributed by atoms with E-state index in [0.717, 1.165) is 36.4 Å². The number of carbonyl (C=O) groups excluding carboxylic acids is 6. The lowest BCUT2D eigenvalue weighted by molar-refractivity contribution is -0.137. The molecule has 8 rings (SSSR count). The summed E-state index contributed by atoms with van der Waals surface area (Å²) >= 11 is 1.45. The van der Waals surface area contributed by atoms with Crippen LogP contribution in [0, 0.1) is 23.5 Å². The van der Waals surface area contributed by atoms with Gasteiger partial charge in [0.25, 0.3) is 5.91 Å². The molecule has 4 amide bonds. The molecule has 2 fully saturated rings. The van der Waals surface area contributed by atoms with Crippen LogP contribution >= 0.6 is 11.3 Å². The molecule has 0 spiro atoms. The molecule has 2 aliphatic heterocycles. The van der Waals surface area contributed by atoms with Crippen LogP contribution < -0.4 is 30.9 Å². The van der Waals surface area contributed by atoms with E-state index in [4.69, 9.17) is 9.47 Å². The molecule has 4 aliphatic rings. The first-order valence-electron chi connectivity index (χ1n) is 20.7. The summed E-state index contributed by atoms with van der Waals surface area (Å²) in [5.41, 5.74) is 2.11. The minimum Gasteiger partial charge on any atom is -0.494 e. The molecule has 2 unspecified atom stereocenters. The molecule has 2 aliphatic carbocycles. The number of hydrogen-bond donors (Lipinski definition) is 4. The van der Waals surface area contributed by atoms with Crippen LogP contribution in [-0.4, -0.2) is 103 Å². The van der Waals surface area contributed by atoms with Crippen molar-refractivity contribution >= 4 is 80.9 Å². The Morgan fingerprint density at radius 1 is 0.937 bits per heavy atom. The van der Waals surface area contributed by atoms with Crippen LogP contribution in [0.1, 0.15) is 73.8 Å². The van der Waals surface area contributed by atoms with Crippen molar-refractivity contribution in [3.05, 3.63) is 87.3 Å². The molecule has 2 saturated heterocycles. The van der Waals surface area contributed by atoms with Crippen molar-refractivity contribution in [3.63, 3.8) is 0 Å². The number of ketones is 2. The Morgan fingerprint density at radius 3 is 2.48 bits per heavy atom. The monoisotopic (exact) mass is 882 g/mol. The minimum atomic E-state index is -1.30. The van der Waals surface area contributed by atoms with E-state index < -0.39 is 46.9 Å². The fourth-order valence-electron chi connectivity index (χ4n) is 8.12. The van der Waals surface area contributed by atoms with Gasteiger partial charge >= 0.3 is 0 Å². The van der Waals surface area contributed by atoms with Crippen LogP contribution in [0.4, 0.5) is 37.6 Å². The molecule has 2 aromatic heterocycles. The van der Waals surface area contributed by atoms with Gasteiger partial charge in [0.05, 0.1) is 61.0 Å². The first kappa shape index (κ1) is 43.1. The van der Waals surface area contributed by atoms with Gasteiger partial charge in [-0.05, 0) is 67.7 Å². The molecule has 0 bridgehead atoms. The van der Waals surface area contributed by atoms with E-state index in [0.29, 0.717) is 48.2 Å². The zero-order chi connectivity index (χ0) is 44.2. The third kappa shape index (κ3) is 9.43. The van der Waals surface area contributed by atoms with Crippen LogP contribution in [0.3, 0.4) is 0 Å². The van der Waals surface area contributed by atoms with Gasteiger partial charge in [-0.15, -0.1) is 11.3 Å². The first-order chi connectivity index (χ1) is 30.5. The SMILES string of the molecule is COc1cc(Nc2nc(N3CCN(C(=O)CCOCCNc4cc5c(cc4F)C(=O)C(C4CCC(=O)NC4=O)C5=O)CC3)ncc2F)ccc1NC(=O)c1ccc(C2=CCCC2)s1. The van der Waals surface area contributed by atoms with Gasteiger partial charge in [-0.25, -0.2) is 13.8 Å². The molecule has 63 heavy (non-hydrogen) atoms. The Labute approximate surface area is 364 Å². The van der Waals surface area contributed by atoms with E-state index in [2.05, 4.69) is 37.3 Å². The largest absolute Gasteiger partial charge is 0.494 e. The summed E-state index contributed by atoms with van der Waals surface area (Å²) in [6, 6.07) is 11.0. The fraction of sp³-hybridized carbons (Fsp3) is 0.364. The van der Waals surface area contributed by atoms with E-state index in [-0.39, 0.29) is 79.4 Å². The van der Waals surface area contributed by atoms with Crippen molar-refractivity contribution in [2.45, 2.75) is 38.5 Å². The Kier molecular flexibility index (Phi) is 12.8. The number of halogens is 2. The van der Waals surface area contributed by atoms with E-state index in [1.807, 2.05) is 17.0 Å². The summed E-state index contributed by atoms with van der Waals surface area (Å²) in [7, 11) is 1.48. The van der Waals surface area contributed by atoms with Crippen LogP contribution in [0.5, 0.6) is 5.75 Å². The highest BCUT2D eigenvalue weighted by Crippen LogP contribution is 2.38. The predicted octanol–water partition coefficient (Wildman–Crippen LogP) is 5.60. The van der Waals surface area contributed by atoms with Crippen LogP contribution in [0.15, 0.2) is 54.7 Å². The number of amides is 4. The molecule has 4 N–H and O–H groups in total. The number of rotatable bonds is 15. The molecule has 2 atom stereocenters. The average Bonchev–Trinajstić information content (AvgIpc) is 4.05. The molecule has 328 valence electrons. The number of nitrogens with one attached hydrogen (secondary N) is 4. The van der Waals surface area contributed by atoms with Crippen LogP contribution in [0.25, 0.3) is 5.57 Å². The van der Waals surface area contributed by atoms with Crippen molar-refractivity contribution in [1.29, 1.82) is 0 Å². The van der Waals surface area contributed by atoms with Gasteiger partial charge in [-0.2, -0.15) is 4.98 Å². The molecule has 0 radical (unpaired) electrons. The zero-order valence-electron chi connectivity index (χ0n) is 34.3. The number of piperidine rings is 1. The number of hydrogen-bond acceptors (Lipinski definition) is 14. The van der Waals surface area contributed by atoms with Crippen molar-refractivity contribution < 1.29 is 47.0 Å². The van der Waals surface area contributed by atoms with E-state index in [9.17, 15) is 37.5 Å². The lowest BCUT2D eigenvalue weighted by Gasteiger charge is -2.34. The third-order valence-electron chi connectivity index (χ3n) is 11.5. The van der Waals surface area contributed by atoms with Crippen molar-refractivity contribution in [3.8, 4) is 5.75 Å². The highest BCUT2D eigenvalue weighted by atomic mass is 32.1. The second-order valence-electron chi connectivity index (χ2n) is 15.4. The molecule has 19 heteroatoms. The summed E-state index contributed by atoms with van der Waals surface area (Å²) in [6.45, 7) is 1.93. The third-order valence-corrected chi connectivity index (χ3v) is 12.6. The zero-order valence-corrected chi connectivity index (χ0v) is 35.1. The number of anilines is 5. The van der Waals surface area contributed by atoms with Gasteiger partial charge < -0.3 is 35.2 Å². The van der Waals surface area contributed by atoms with Gasteiger partial charge in [0.2, 0.25) is 23.7 Å². The number of carbonyl (C=O) groups is 6. The number of methoxy groups -OCH3 is 1. The Balaban J connectivity index is 0.772. The molecule has 0 saturated carbocycles. The number of thiophene rings is 1.